The van der Waals surface area contributed by atoms with Gasteiger partial charge in [0.25, 0.3) is 0 Å². The van der Waals surface area contributed by atoms with E-state index in [9.17, 15) is 4.79 Å². The largest absolute Gasteiger partial charge is 0.513 e. The number of hydrogen-bond acceptors (Lipinski definition) is 4. The van der Waals surface area contributed by atoms with E-state index in [1.165, 1.54) is 25.7 Å². The minimum absolute atomic E-state index is 0.417. The number of unbranched alkanes of at least 4 members (excludes halogenated alkanes) is 5. The van der Waals surface area contributed by atoms with Gasteiger partial charge in [-0.1, -0.05) is 39.0 Å². The third-order valence-electron chi connectivity index (χ3n) is 2.80. The molecule has 0 saturated carbocycles. The smallest absolute Gasteiger partial charge is 0.434 e. The lowest BCUT2D eigenvalue weighted by Gasteiger charge is -2.06. The first-order valence-electron chi connectivity index (χ1n) is 6.92. The van der Waals surface area contributed by atoms with Gasteiger partial charge in [0.2, 0.25) is 0 Å². The summed E-state index contributed by atoms with van der Waals surface area (Å²) in [5.41, 5.74) is 6.17. The molecule has 1 rings (SSSR count). The molecule has 0 atom stereocenters. The van der Waals surface area contributed by atoms with Crippen molar-refractivity contribution in [2.45, 2.75) is 45.4 Å². The Morgan fingerprint density at radius 1 is 1.05 bits per heavy atom. The standard InChI is InChI=1S/C15H23NO3/c1-2-3-4-5-6-7-12-18-15(17)19-14-10-8-13(16)9-11-14/h8-11H,2-7,12,16H2,1H3. The number of nitrogens with two attached hydrogens (primary N) is 1. The summed E-state index contributed by atoms with van der Waals surface area (Å²) in [5.74, 6) is 0.446. The van der Waals surface area contributed by atoms with E-state index < -0.39 is 6.16 Å². The molecule has 1 aromatic rings. The Bertz CT molecular complexity index is 362. The average Bonchev–Trinajstić information content (AvgIpc) is 2.40. The summed E-state index contributed by atoms with van der Waals surface area (Å²) in [6, 6.07) is 6.63. The van der Waals surface area contributed by atoms with Crippen LogP contribution in [0.2, 0.25) is 0 Å². The summed E-state index contributed by atoms with van der Waals surface area (Å²) in [5, 5.41) is 0. The van der Waals surface area contributed by atoms with Gasteiger partial charge in [0.05, 0.1) is 6.61 Å². The van der Waals surface area contributed by atoms with Crippen molar-refractivity contribution in [3.63, 3.8) is 0 Å². The highest BCUT2D eigenvalue weighted by Crippen LogP contribution is 2.13. The van der Waals surface area contributed by atoms with Crippen molar-refractivity contribution in [2.24, 2.45) is 0 Å². The fraction of sp³-hybridized carbons (Fsp3) is 0.533. The molecule has 0 heterocycles. The maximum Gasteiger partial charge on any atom is 0.513 e. The summed E-state index contributed by atoms with van der Waals surface area (Å²) < 4.78 is 9.99. The number of ether oxygens (including phenoxy) is 2. The Morgan fingerprint density at radius 2 is 1.68 bits per heavy atom. The van der Waals surface area contributed by atoms with Gasteiger partial charge in [-0.2, -0.15) is 0 Å². The molecular formula is C15H23NO3. The van der Waals surface area contributed by atoms with E-state index in [0.29, 0.717) is 18.0 Å². The Hall–Kier alpha value is -1.71. The summed E-state index contributed by atoms with van der Waals surface area (Å²) in [6.07, 6.45) is 6.30. The summed E-state index contributed by atoms with van der Waals surface area (Å²) >= 11 is 0. The highest BCUT2D eigenvalue weighted by molar-refractivity contribution is 5.64. The quantitative estimate of drug-likeness (QED) is 0.332. The molecule has 2 N–H and O–H groups in total. The van der Waals surface area contributed by atoms with Crippen LogP contribution < -0.4 is 10.5 Å². The van der Waals surface area contributed by atoms with Gasteiger partial charge in [-0.05, 0) is 30.7 Å². The Kier molecular flexibility index (Phi) is 7.47. The molecule has 0 spiro atoms. The molecule has 0 saturated heterocycles. The highest BCUT2D eigenvalue weighted by atomic mass is 16.7. The molecule has 0 radical (unpaired) electrons. The minimum atomic E-state index is -0.654. The topological polar surface area (TPSA) is 61.5 Å². The lowest BCUT2D eigenvalue weighted by molar-refractivity contribution is 0.0973. The minimum Gasteiger partial charge on any atom is -0.434 e. The normalized spacial score (nSPS) is 10.2. The molecule has 0 aliphatic carbocycles. The molecular weight excluding hydrogens is 242 g/mol. The fourth-order valence-electron chi connectivity index (χ4n) is 1.70. The number of carbonyl (C=O) groups is 1. The molecule has 0 fully saturated rings. The Labute approximate surface area is 114 Å². The van der Waals surface area contributed by atoms with Crippen molar-refractivity contribution < 1.29 is 14.3 Å². The zero-order chi connectivity index (χ0) is 13.9. The van der Waals surface area contributed by atoms with Gasteiger partial charge in [-0.25, -0.2) is 4.79 Å². The second-order valence-corrected chi connectivity index (χ2v) is 4.54. The number of rotatable bonds is 8. The molecule has 106 valence electrons. The molecule has 0 unspecified atom stereocenters. The van der Waals surface area contributed by atoms with Crippen LogP contribution in [0.5, 0.6) is 5.75 Å². The van der Waals surface area contributed by atoms with Crippen molar-refractivity contribution in [3.05, 3.63) is 24.3 Å². The number of anilines is 1. The van der Waals surface area contributed by atoms with Crippen LogP contribution in [-0.4, -0.2) is 12.8 Å². The Balaban J connectivity index is 2.06. The third kappa shape index (κ3) is 7.34. The van der Waals surface area contributed by atoms with Crippen LogP contribution in [0.1, 0.15) is 45.4 Å². The van der Waals surface area contributed by atoms with Crippen LogP contribution in [0.3, 0.4) is 0 Å². The molecule has 19 heavy (non-hydrogen) atoms. The molecule has 0 aromatic heterocycles. The van der Waals surface area contributed by atoms with E-state index in [2.05, 4.69) is 6.92 Å². The maximum atomic E-state index is 11.4. The van der Waals surface area contributed by atoms with Crippen molar-refractivity contribution in [3.8, 4) is 5.75 Å². The lowest BCUT2D eigenvalue weighted by Crippen LogP contribution is -2.11. The molecule has 0 aliphatic heterocycles. The van der Waals surface area contributed by atoms with Crippen LogP contribution in [0, 0.1) is 0 Å². The van der Waals surface area contributed by atoms with Gasteiger partial charge in [0.15, 0.2) is 0 Å². The second kappa shape index (κ2) is 9.25. The molecule has 0 amide bonds. The van der Waals surface area contributed by atoms with E-state index in [0.717, 1.165) is 12.8 Å². The zero-order valence-electron chi connectivity index (χ0n) is 11.6. The molecule has 0 aliphatic rings. The van der Waals surface area contributed by atoms with E-state index in [4.69, 9.17) is 15.2 Å². The lowest BCUT2D eigenvalue weighted by atomic mass is 10.1. The van der Waals surface area contributed by atoms with Gasteiger partial charge >= 0.3 is 6.16 Å². The van der Waals surface area contributed by atoms with Gasteiger partial charge in [-0.3, -0.25) is 0 Å². The molecule has 4 heteroatoms. The van der Waals surface area contributed by atoms with Gasteiger partial charge in [-0.15, -0.1) is 0 Å². The van der Waals surface area contributed by atoms with Crippen LogP contribution >= 0.6 is 0 Å². The monoisotopic (exact) mass is 265 g/mol. The molecule has 1 aromatic carbocycles. The van der Waals surface area contributed by atoms with E-state index in [1.54, 1.807) is 24.3 Å². The van der Waals surface area contributed by atoms with Crippen molar-refractivity contribution in [1.29, 1.82) is 0 Å². The van der Waals surface area contributed by atoms with Crippen LogP contribution in [0.25, 0.3) is 0 Å². The molecule has 4 nitrogen and oxygen atoms in total. The number of carbonyl (C=O) groups excluding carboxylic acids is 1. The first-order valence-corrected chi connectivity index (χ1v) is 6.92. The van der Waals surface area contributed by atoms with Crippen molar-refractivity contribution in [2.75, 3.05) is 12.3 Å². The Morgan fingerprint density at radius 3 is 2.37 bits per heavy atom. The summed E-state index contributed by atoms with van der Waals surface area (Å²) in [6.45, 7) is 2.61. The zero-order valence-corrected chi connectivity index (χ0v) is 11.6. The van der Waals surface area contributed by atoms with E-state index in [1.807, 2.05) is 0 Å². The first kappa shape index (κ1) is 15.3. The van der Waals surface area contributed by atoms with Crippen molar-refractivity contribution >= 4 is 11.8 Å². The van der Waals surface area contributed by atoms with Crippen LogP contribution in [0.4, 0.5) is 10.5 Å². The van der Waals surface area contributed by atoms with Gasteiger partial charge in [0.1, 0.15) is 5.75 Å². The highest BCUT2D eigenvalue weighted by Gasteiger charge is 2.05. The second-order valence-electron chi connectivity index (χ2n) is 4.54. The summed E-state index contributed by atoms with van der Waals surface area (Å²) in [7, 11) is 0. The predicted octanol–water partition coefficient (Wildman–Crippen LogP) is 4.14. The van der Waals surface area contributed by atoms with Gasteiger partial charge in [0, 0.05) is 5.69 Å². The van der Waals surface area contributed by atoms with E-state index >= 15 is 0 Å². The molecule has 0 bridgehead atoms. The van der Waals surface area contributed by atoms with E-state index in [-0.39, 0.29) is 0 Å². The maximum absolute atomic E-state index is 11.4. The third-order valence-corrected chi connectivity index (χ3v) is 2.80. The summed E-state index contributed by atoms with van der Waals surface area (Å²) in [4.78, 5) is 11.4. The number of hydrogen-bond donors (Lipinski definition) is 1. The number of benzene rings is 1. The average molecular weight is 265 g/mol. The van der Waals surface area contributed by atoms with Crippen LogP contribution in [0.15, 0.2) is 24.3 Å². The van der Waals surface area contributed by atoms with Crippen LogP contribution in [-0.2, 0) is 4.74 Å². The predicted molar refractivity (Wildman–Crippen MR) is 76.2 cm³/mol. The van der Waals surface area contributed by atoms with Gasteiger partial charge < -0.3 is 15.2 Å². The SMILES string of the molecule is CCCCCCCCOC(=O)Oc1ccc(N)cc1. The van der Waals surface area contributed by atoms with Crippen molar-refractivity contribution in [1.82, 2.24) is 0 Å². The number of nitrogen functional groups attached to an aromatic ring is 1. The fourth-order valence-corrected chi connectivity index (χ4v) is 1.70. The first-order chi connectivity index (χ1) is 9.22.